The van der Waals surface area contributed by atoms with Gasteiger partial charge in [-0.15, -0.1) is 0 Å². The second kappa shape index (κ2) is 11.2. The van der Waals surface area contributed by atoms with Crippen molar-refractivity contribution in [2.24, 2.45) is 5.92 Å². The van der Waals surface area contributed by atoms with Gasteiger partial charge in [0.15, 0.2) is 6.10 Å². The topological polar surface area (TPSA) is 96.0 Å². The Balaban J connectivity index is 1.34. The fraction of sp³-hybridized carbons (Fsp3) is 0.333. The van der Waals surface area contributed by atoms with E-state index in [2.05, 4.69) is 5.32 Å². The Hall–Kier alpha value is -3.69. The molecule has 0 unspecified atom stereocenters. The van der Waals surface area contributed by atoms with E-state index in [1.807, 2.05) is 55.5 Å². The monoisotopic (exact) mass is 547 g/mol. The van der Waals surface area contributed by atoms with E-state index in [-0.39, 0.29) is 29.8 Å². The van der Waals surface area contributed by atoms with Crippen LogP contribution in [0.5, 0.6) is 5.75 Å². The molecule has 2 aliphatic heterocycles. The van der Waals surface area contributed by atoms with E-state index >= 15 is 0 Å². The molecule has 8 nitrogen and oxygen atoms in total. The van der Waals surface area contributed by atoms with Crippen LogP contribution in [0.2, 0.25) is 0 Å². The summed E-state index contributed by atoms with van der Waals surface area (Å²) in [4.78, 5) is 28.8. The first-order valence-electron chi connectivity index (χ1n) is 13.2. The van der Waals surface area contributed by atoms with Gasteiger partial charge in [-0.05, 0) is 61.6 Å². The summed E-state index contributed by atoms with van der Waals surface area (Å²) in [7, 11) is -3.76. The van der Waals surface area contributed by atoms with Gasteiger partial charge in [-0.2, -0.15) is 4.31 Å². The predicted molar refractivity (Wildman–Crippen MR) is 149 cm³/mol. The third-order valence-electron chi connectivity index (χ3n) is 7.34. The maximum absolute atomic E-state index is 13.9. The van der Waals surface area contributed by atoms with E-state index in [1.54, 1.807) is 36.1 Å². The average molecular weight is 548 g/mol. The van der Waals surface area contributed by atoms with Crippen LogP contribution in [0, 0.1) is 19.8 Å². The quantitative estimate of drug-likeness (QED) is 0.506. The zero-order valence-electron chi connectivity index (χ0n) is 22.2. The largest absolute Gasteiger partial charge is 0.477 e. The highest BCUT2D eigenvalue weighted by Gasteiger charge is 2.40. The number of carbonyl (C=O) groups excluding carboxylic acids is 2. The van der Waals surface area contributed by atoms with Gasteiger partial charge in [-0.3, -0.25) is 9.59 Å². The lowest BCUT2D eigenvalue weighted by Gasteiger charge is -2.38. The van der Waals surface area contributed by atoms with Crippen LogP contribution in [0.4, 0.5) is 5.69 Å². The van der Waals surface area contributed by atoms with Gasteiger partial charge in [0.2, 0.25) is 15.9 Å². The smallest absolute Gasteiger partial charge is 0.263 e. The molecule has 5 rings (SSSR count). The lowest BCUT2D eigenvalue weighted by Crippen LogP contribution is -2.54. The van der Waals surface area contributed by atoms with Crippen LogP contribution < -0.4 is 15.0 Å². The Labute approximate surface area is 229 Å². The molecule has 3 aromatic rings. The molecule has 0 spiro atoms. The summed E-state index contributed by atoms with van der Waals surface area (Å²) >= 11 is 0. The van der Waals surface area contributed by atoms with E-state index in [9.17, 15) is 18.0 Å². The average Bonchev–Trinajstić information content (AvgIpc) is 2.96. The second-order valence-corrected chi connectivity index (χ2v) is 12.1. The molecule has 1 N–H and O–H groups in total. The summed E-state index contributed by atoms with van der Waals surface area (Å²) in [5.74, 6) is -0.591. The summed E-state index contributed by atoms with van der Waals surface area (Å²) in [5.41, 5.74) is 3.09. The van der Waals surface area contributed by atoms with Crippen molar-refractivity contribution in [1.82, 2.24) is 9.62 Å². The van der Waals surface area contributed by atoms with Gasteiger partial charge in [-0.25, -0.2) is 8.42 Å². The molecular formula is C30H33N3O5S. The number of hydrogen-bond acceptors (Lipinski definition) is 5. The minimum atomic E-state index is -3.76. The van der Waals surface area contributed by atoms with Gasteiger partial charge < -0.3 is 15.0 Å². The van der Waals surface area contributed by atoms with E-state index in [4.69, 9.17) is 4.74 Å². The van der Waals surface area contributed by atoms with Crippen molar-refractivity contribution in [2.75, 3.05) is 24.5 Å². The zero-order valence-corrected chi connectivity index (χ0v) is 23.0. The molecular weight excluding hydrogens is 514 g/mol. The Morgan fingerprint density at radius 1 is 0.974 bits per heavy atom. The number of aryl methyl sites for hydroxylation is 2. The Morgan fingerprint density at radius 3 is 2.51 bits per heavy atom. The Bertz CT molecular complexity index is 1470. The van der Waals surface area contributed by atoms with Crippen molar-refractivity contribution in [1.29, 1.82) is 0 Å². The highest BCUT2D eigenvalue weighted by atomic mass is 32.2. The molecule has 0 saturated carbocycles. The van der Waals surface area contributed by atoms with E-state index < -0.39 is 22.0 Å². The molecule has 0 bridgehead atoms. The minimum absolute atomic E-state index is 0.0523. The molecule has 9 heteroatoms. The summed E-state index contributed by atoms with van der Waals surface area (Å²) < 4.78 is 34.5. The van der Waals surface area contributed by atoms with Gasteiger partial charge in [-0.1, -0.05) is 54.6 Å². The van der Waals surface area contributed by atoms with Crippen LogP contribution in [0.3, 0.4) is 0 Å². The predicted octanol–water partition coefficient (Wildman–Crippen LogP) is 3.81. The van der Waals surface area contributed by atoms with Crippen molar-refractivity contribution in [3.63, 3.8) is 0 Å². The number of para-hydroxylation sites is 2. The molecule has 1 fully saturated rings. The molecule has 2 atom stereocenters. The number of rotatable bonds is 6. The number of sulfonamides is 1. The molecule has 2 aliphatic rings. The van der Waals surface area contributed by atoms with Crippen LogP contribution in [0.25, 0.3) is 0 Å². The summed E-state index contributed by atoms with van der Waals surface area (Å²) in [6.45, 7) is 4.51. The number of nitrogens with zero attached hydrogens (tertiary/aromatic N) is 2. The van der Waals surface area contributed by atoms with Crippen molar-refractivity contribution < 1.29 is 22.7 Å². The van der Waals surface area contributed by atoms with Crippen LogP contribution in [-0.4, -0.2) is 50.3 Å². The highest BCUT2D eigenvalue weighted by Crippen LogP contribution is 2.36. The van der Waals surface area contributed by atoms with E-state index in [0.29, 0.717) is 42.9 Å². The first-order valence-corrected chi connectivity index (χ1v) is 14.6. The summed E-state index contributed by atoms with van der Waals surface area (Å²) in [6.07, 6.45) is 0.265. The number of piperidine rings is 1. The number of nitrogens with one attached hydrogen (secondary N) is 1. The van der Waals surface area contributed by atoms with Gasteiger partial charge in [0.1, 0.15) is 5.75 Å². The molecule has 0 aromatic heterocycles. The van der Waals surface area contributed by atoms with Crippen LogP contribution in [0.1, 0.15) is 29.5 Å². The van der Waals surface area contributed by atoms with Crippen molar-refractivity contribution in [3.05, 3.63) is 89.5 Å². The minimum Gasteiger partial charge on any atom is -0.477 e. The number of carbonyl (C=O) groups is 2. The third-order valence-corrected chi connectivity index (χ3v) is 9.34. The van der Waals surface area contributed by atoms with Crippen LogP contribution in [0.15, 0.2) is 77.7 Å². The number of anilines is 1. The third kappa shape index (κ3) is 5.69. The highest BCUT2D eigenvalue weighted by molar-refractivity contribution is 7.89. The molecule has 0 aliphatic carbocycles. The van der Waals surface area contributed by atoms with Gasteiger partial charge >= 0.3 is 0 Å². The van der Waals surface area contributed by atoms with Crippen LogP contribution >= 0.6 is 0 Å². The molecule has 0 radical (unpaired) electrons. The molecule has 2 amide bonds. The molecule has 204 valence electrons. The fourth-order valence-electron chi connectivity index (χ4n) is 5.19. The lowest BCUT2D eigenvalue weighted by molar-refractivity contribution is -0.129. The van der Waals surface area contributed by atoms with Crippen molar-refractivity contribution in [3.8, 4) is 5.75 Å². The lowest BCUT2D eigenvalue weighted by atomic mass is 9.97. The number of benzene rings is 3. The van der Waals surface area contributed by atoms with Crippen molar-refractivity contribution in [2.45, 2.75) is 44.2 Å². The van der Waals surface area contributed by atoms with Gasteiger partial charge in [0.05, 0.1) is 23.0 Å². The fourth-order valence-corrected chi connectivity index (χ4v) is 7.02. The van der Waals surface area contributed by atoms with Crippen LogP contribution in [-0.2, 0) is 26.2 Å². The normalized spacial score (nSPS) is 19.6. The first-order chi connectivity index (χ1) is 18.7. The molecule has 3 aromatic carbocycles. The zero-order chi connectivity index (χ0) is 27.6. The molecule has 2 heterocycles. The van der Waals surface area contributed by atoms with E-state index in [0.717, 1.165) is 11.1 Å². The van der Waals surface area contributed by atoms with Crippen molar-refractivity contribution >= 4 is 27.5 Å². The second-order valence-electron chi connectivity index (χ2n) is 10.2. The molecule has 39 heavy (non-hydrogen) atoms. The van der Waals surface area contributed by atoms with Gasteiger partial charge in [0.25, 0.3) is 5.91 Å². The Kier molecular flexibility index (Phi) is 7.72. The van der Waals surface area contributed by atoms with E-state index in [1.165, 1.54) is 4.31 Å². The number of fused-ring (bicyclic) bond motifs is 1. The number of ether oxygens (including phenoxy) is 1. The standard InChI is InChI=1S/C30H33N3O5S/c1-21-14-15-22(2)28(17-21)39(36,37)32-16-8-11-24(19-32)30(35)33-20-27(38-26-13-7-6-12-25(26)33)29(34)31-18-23-9-4-3-5-10-23/h3-7,9-10,12-15,17,24,27H,8,11,16,18-20H2,1-2H3,(H,31,34)/t24-,27-/m0/s1. The number of hydrogen-bond donors (Lipinski definition) is 1. The molecule has 1 saturated heterocycles. The van der Waals surface area contributed by atoms with Gasteiger partial charge in [0, 0.05) is 19.6 Å². The first kappa shape index (κ1) is 26.9. The number of amides is 2. The SMILES string of the molecule is Cc1ccc(C)c(S(=O)(=O)N2CCC[C@H](C(=O)N3C[C@@H](C(=O)NCc4ccccc4)Oc4ccccc43)C2)c1. The maximum atomic E-state index is 13.9. The summed E-state index contributed by atoms with van der Waals surface area (Å²) in [5, 5.41) is 2.90. The Morgan fingerprint density at radius 2 is 1.72 bits per heavy atom. The summed E-state index contributed by atoms with van der Waals surface area (Å²) in [6, 6.07) is 22.1. The maximum Gasteiger partial charge on any atom is 0.263 e.